The fourth-order valence-corrected chi connectivity index (χ4v) is 2.92. The van der Waals surface area contributed by atoms with E-state index in [0.717, 1.165) is 12.8 Å². The molecular formula is C17H17FN4O2. The first-order chi connectivity index (χ1) is 11.5. The summed E-state index contributed by atoms with van der Waals surface area (Å²) in [7, 11) is 0. The number of aryl methyl sites for hydroxylation is 1. The van der Waals surface area contributed by atoms with Crippen LogP contribution < -0.4 is 5.73 Å². The van der Waals surface area contributed by atoms with Crippen molar-refractivity contribution in [1.29, 1.82) is 0 Å². The lowest BCUT2D eigenvalue weighted by molar-refractivity contribution is 0.0729. The summed E-state index contributed by atoms with van der Waals surface area (Å²) < 4.78 is 13.0. The van der Waals surface area contributed by atoms with Gasteiger partial charge < -0.3 is 10.6 Å². The third-order valence-electron chi connectivity index (χ3n) is 4.17. The first-order valence-electron chi connectivity index (χ1n) is 7.67. The van der Waals surface area contributed by atoms with E-state index in [9.17, 15) is 14.0 Å². The number of amides is 2. The summed E-state index contributed by atoms with van der Waals surface area (Å²) in [6.45, 7) is 2.27. The highest BCUT2D eigenvalue weighted by Crippen LogP contribution is 2.31. The molecule has 0 saturated carbocycles. The van der Waals surface area contributed by atoms with Gasteiger partial charge in [-0.15, -0.1) is 0 Å². The number of carbonyl (C=O) groups is 2. The largest absolute Gasteiger partial charge is 0.365 e. The van der Waals surface area contributed by atoms with E-state index in [1.807, 2.05) is 0 Å². The second-order valence-corrected chi connectivity index (χ2v) is 5.76. The summed E-state index contributed by atoms with van der Waals surface area (Å²) in [5.41, 5.74) is 6.46. The lowest BCUT2D eigenvalue weighted by Crippen LogP contribution is -2.31. The van der Waals surface area contributed by atoms with Gasteiger partial charge in [-0.1, -0.05) is 0 Å². The number of benzene rings is 1. The van der Waals surface area contributed by atoms with Crippen LogP contribution in [-0.4, -0.2) is 33.2 Å². The van der Waals surface area contributed by atoms with Crippen molar-refractivity contribution in [2.75, 3.05) is 6.54 Å². The molecule has 1 unspecified atom stereocenters. The van der Waals surface area contributed by atoms with Gasteiger partial charge in [0.25, 0.3) is 11.8 Å². The molecule has 24 heavy (non-hydrogen) atoms. The van der Waals surface area contributed by atoms with Crippen LogP contribution in [0.4, 0.5) is 4.39 Å². The Bertz CT molecular complexity index is 792. The number of primary amides is 1. The lowest BCUT2D eigenvalue weighted by atomic mass is 10.1. The molecule has 2 aromatic rings. The van der Waals surface area contributed by atoms with Crippen molar-refractivity contribution in [2.45, 2.75) is 25.8 Å². The van der Waals surface area contributed by atoms with E-state index in [1.165, 1.54) is 30.5 Å². The molecule has 0 bridgehead atoms. The molecule has 0 spiro atoms. The van der Waals surface area contributed by atoms with Crippen LogP contribution in [0.3, 0.4) is 0 Å². The normalized spacial score (nSPS) is 17.1. The molecule has 1 fully saturated rings. The molecule has 124 valence electrons. The van der Waals surface area contributed by atoms with E-state index in [-0.39, 0.29) is 23.3 Å². The Morgan fingerprint density at radius 3 is 2.62 bits per heavy atom. The molecule has 2 amide bonds. The van der Waals surface area contributed by atoms with Crippen molar-refractivity contribution >= 4 is 11.8 Å². The molecule has 1 aromatic heterocycles. The molecule has 2 N–H and O–H groups in total. The fourth-order valence-electron chi connectivity index (χ4n) is 2.92. The van der Waals surface area contributed by atoms with Crippen molar-refractivity contribution in [2.24, 2.45) is 5.73 Å². The third kappa shape index (κ3) is 2.97. The van der Waals surface area contributed by atoms with Crippen LogP contribution in [0.1, 0.15) is 51.1 Å². The van der Waals surface area contributed by atoms with E-state index in [4.69, 9.17) is 5.73 Å². The van der Waals surface area contributed by atoms with Gasteiger partial charge in [0.1, 0.15) is 5.82 Å². The molecule has 0 aliphatic carbocycles. The Labute approximate surface area is 138 Å². The first-order valence-corrected chi connectivity index (χ1v) is 7.67. The molecule has 1 aliphatic rings. The third-order valence-corrected chi connectivity index (χ3v) is 4.17. The van der Waals surface area contributed by atoms with Crippen LogP contribution in [0.25, 0.3) is 0 Å². The number of hydrogen-bond donors (Lipinski definition) is 1. The zero-order valence-corrected chi connectivity index (χ0v) is 13.2. The van der Waals surface area contributed by atoms with Gasteiger partial charge in [0, 0.05) is 18.3 Å². The molecule has 1 atom stereocenters. The van der Waals surface area contributed by atoms with Gasteiger partial charge >= 0.3 is 0 Å². The lowest BCUT2D eigenvalue weighted by Gasteiger charge is -2.24. The second kappa shape index (κ2) is 6.35. The number of aromatic nitrogens is 2. The number of carbonyl (C=O) groups excluding carboxylic acids is 2. The Morgan fingerprint density at radius 2 is 2.00 bits per heavy atom. The summed E-state index contributed by atoms with van der Waals surface area (Å²) in [5, 5.41) is 0. The predicted molar refractivity (Wildman–Crippen MR) is 84.7 cm³/mol. The number of hydrogen-bond acceptors (Lipinski definition) is 4. The highest BCUT2D eigenvalue weighted by molar-refractivity contribution is 5.95. The molecule has 1 aromatic carbocycles. The molecule has 1 aliphatic heterocycles. The summed E-state index contributed by atoms with van der Waals surface area (Å²) >= 11 is 0. The Kier molecular flexibility index (Phi) is 4.24. The average Bonchev–Trinajstić information content (AvgIpc) is 3.04. The van der Waals surface area contributed by atoms with Crippen LogP contribution in [0, 0.1) is 12.7 Å². The maximum Gasteiger partial charge on any atom is 0.254 e. The van der Waals surface area contributed by atoms with Crippen molar-refractivity contribution in [3.63, 3.8) is 0 Å². The first kappa shape index (κ1) is 16.0. The SMILES string of the molecule is Cc1nc(C2CCCN2C(=O)c2ccc(F)cc2)ncc1C(N)=O. The number of likely N-dealkylation sites (tertiary alicyclic amines) is 1. The van der Waals surface area contributed by atoms with Crippen molar-refractivity contribution in [3.05, 3.63) is 58.9 Å². The van der Waals surface area contributed by atoms with Crippen LogP contribution in [0.5, 0.6) is 0 Å². The average molecular weight is 328 g/mol. The van der Waals surface area contributed by atoms with Gasteiger partial charge in [-0.05, 0) is 44.0 Å². The number of nitrogens with zero attached hydrogens (tertiary/aromatic N) is 3. The maximum atomic E-state index is 13.0. The Hall–Kier alpha value is -2.83. The summed E-state index contributed by atoms with van der Waals surface area (Å²) in [5.74, 6) is -0.654. The molecule has 2 heterocycles. The van der Waals surface area contributed by atoms with E-state index in [2.05, 4.69) is 9.97 Å². The molecular weight excluding hydrogens is 311 g/mol. The van der Waals surface area contributed by atoms with E-state index >= 15 is 0 Å². The maximum absolute atomic E-state index is 13.0. The van der Waals surface area contributed by atoms with Crippen LogP contribution in [-0.2, 0) is 0 Å². The molecule has 0 radical (unpaired) electrons. The predicted octanol–water partition coefficient (Wildman–Crippen LogP) is 2.00. The summed E-state index contributed by atoms with van der Waals surface area (Å²) in [6, 6.07) is 5.20. The topological polar surface area (TPSA) is 89.2 Å². The highest BCUT2D eigenvalue weighted by atomic mass is 19.1. The van der Waals surface area contributed by atoms with Crippen LogP contribution in [0.2, 0.25) is 0 Å². The van der Waals surface area contributed by atoms with Crippen molar-refractivity contribution < 1.29 is 14.0 Å². The van der Waals surface area contributed by atoms with Crippen molar-refractivity contribution in [3.8, 4) is 0 Å². The minimum absolute atomic E-state index is 0.183. The number of rotatable bonds is 3. The van der Waals surface area contributed by atoms with Gasteiger partial charge in [0.15, 0.2) is 5.82 Å². The summed E-state index contributed by atoms with van der Waals surface area (Å²) in [6.07, 6.45) is 2.97. The van der Waals surface area contributed by atoms with Gasteiger partial charge in [-0.2, -0.15) is 0 Å². The van der Waals surface area contributed by atoms with Gasteiger partial charge in [-0.25, -0.2) is 14.4 Å². The van der Waals surface area contributed by atoms with Crippen LogP contribution in [0.15, 0.2) is 30.5 Å². The van der Waals surface area contributed by atoms with E-state index in [1.54, 1.807) is 11.8 Å². The standard InChI is InChI=1S/C17H17FN4O2/c1-10-13(15(19)23)9-20-16(21-10)14-3-2-8-22(14)17(24)11-4-6-12(18)7-5-11/h4-7,9,14H,2-3,8H2,1H3,(H2,19,23). The van der Waals surface area contributed by atoms with Gasteiger partial charge in [0.2, 0.25) is 0 Å². The molecule has 1 saturated heterocycles. The summed E-state index contributed by atoms with van der Waals surface area (Å²) in [4.78, 5) is 34.2. The minimum atomic E-state index is -0.579. The quantitative estimate of drug-likeness (QED) is 0.933. The Morgan fingerprint density at radius 1 is 1.29 bits per heavy atom. The molecule has 3 rings (SSSR count). The van der Waals surface area contributed by atoms with Crippen LogP contribution >= 0.6 is 0 Å². The number of nitrogens with two attached hydrogens (primary N) is 1. The van der Waals surface area contributed by atoms with Gasteiger partial charge in [-0.3, -0.25) is 9.59 Å². The zero-order valence-electron chi connectivity index (χ0n) is 13.2. The second-order valence-electron chi connectivity index (χ2n) is 5.76. The highest BCUT2D eigenvalue weighted by Gasteiger charge is 2.32. The smallest absolute Gasteiger partial charge is 0.254 e. The van der Waals surface area contributed by atoms with E-state index < -0.39 is 5.91 Å². The van der Waals surface area contributed by atoms with Gasteiger partial charge in [0.05, 0.1) is 17.3 Å². The zero-order chi connectivity index (χ0) is 17.3. The van der Waals surface area contributed by atoms with Crippen molar-refractivity contribution in [1.82, 2.24) is 14.9 Å². The Balaban J connectivity index is 1.88. The minimum Gasteiger partial charge on any atom is -0.365 e. The fraction of sp³-hybridized carbons (Fsp3) is 0.294. The monoisotopic (exact) mass is 328 g/mol. The molecule has 7 heteroatoms. The molecule has 6 nitrogen and oxygen atoms in total. The number of halogens is 1. The van der Waals surface area contributed by atoms with E-state index in [0.29, 0.717) is 23.6 Å².